The minimum atomic E-state index is 0.124. The normalized spacial score (nSPS) is 14.0. The van der Waals surface area contributed by atoms with E-state index in [1.165, 1.54) is 22.9 Å². The molecule has 1 aliphatic rings. The van der Waals surface area contributed by atoms with Crippen LogP contribution in [0.15, 0.2) is 66.1 Å². The highest BCUT2D eigenvalue weighted by atomic mass is 32.2. The lowest BCUT2D eigenvalue weighted by Gasteiger charge is -2.26. The molecule has 28 heavy (non-hydrogen) atoms. The average molecular weight is 392 g/mol. The Labute approximate surface area is 168 Å². The Bertz CT molecular complexity index is 985. The summed E-state index contributed by atoms with van der Waals surface area (Å²) in [6, 6.07) is 14.2. The summed E-state index contributed by atoms with van der Waals surface area (Å²) in [5, 5.41) is 9.19. The summed E-state index contributed by atoms with van der Waals surface area (Å²) in [4.78, 5) is 18.6. The van der Waals surface area contributed by atoms with Crippen molar-refractivity contribution < 1.29 is 4.79 Å². The lowest BCUT2D eigenvalue weighted by molar-refractivity contribution is -0.127. The zero-order chi connectivity index (χ0) is 19.3. The summed E-state index contributed by atoms with van der Waals surface area (Å²) in [6.07, 6.45) is 6.53. The smallest absolute Gasteiger partial charge is 0.233 e. The van der Waals surface area contributed by atoms with Gasteiger partial charge in [-0.15, -0.1) is 10.2 Å². The molecule has 2 aromatic heterocycles. The SMILES string of the molecule is Cn1c(SCC(=O)N2CC=C(c3ccccc3)CC2)nnc1-c1cccnc1. The maximum Gasteiger partial charge on any atom is 0.233 e. The Hall–Kier alpha value is -2.93. The molecule has 3 heterocycles. The number of carbonyl (C=O) groups is 1. The minimum Gasteiger partial charge on any atom is -0.338 e. The minimum absolute atomic E-state index is 0.124. The Morgan fingerprint density at radius 3 is 2.64 bits per heavy atom. The van der Waals surface area contributed by atoms with Gasteiger partial charge in [-0.25, -0.2) is 0 Å². The number of thioether (sulfide) groups is 1. The standard InChI is InChI=1S/C21H21N5OS/c1-25-20(18-8-5-11-22-14-18)23-24-21(25)28-15-19(27)26-12-9-17(10-13-26)16-6-3-2-4-7-16/h2-9,11,14H,10,12-13,15H2,1H3. The van der Waals surface area contributed by atoms with E-state index in [9.17, 15) is 4.79 Å². The molecular formula is C21H21N5OS. The number of pyridine rings is 1. The number of hydrogen-bond acceptors (Lipinski definition) is 5. The average Bonchev–Trinajstić information content (AvgIpc) is 3.13. The lowest BCUT2D eigenvalue weighted by Crippen LogP contribution is -2.35. The second-order valence-electron chi connectivity index (χ2n) is 6.58. The summed E-state index contributed by atoms with van der Waals surface area (Å²) in [7, 11) is 1.91. The molecule has 0 fully saturated rings. The van der Waals surface area contributed by atoms with Crippen LogP contribution in [0.1, 0.15) is 12.0 Å². The maximum absolute atomic E-state index is 12.6. The number of benzene rings is 1. The molecule has 1 amide bonds. The van der Waals surface area contributed by atoms with Gasteiger partial charge in [0.2, 0.25) is 5.91 Å². The molecule has 7 heteroatoms. The van der Waals surface area contributed by atoms with Crippen LogP contribution in [0.3, 0.4) is 0 Å². The van der Waals surface area contributed by atoms with Crippen LogP contribution in [0.4, 0.5) is 0 Å². The van der Waals surface area contributed by atoms with Gasteiger partial charge in [-0.2, -0.15) is 0 Å². The van der Waals surface area contributed by atoms with Gasteiger partial charge in [0.25, 0.3) is 0 Å². The maximum atomic E-state index is 12.6. The Morgan fingerprint density at radius 1 is 1.11 bits per heavy atom. The van der Waals surface area contributed by atoms with Crippen molar-refractivity contribution in [2.24, 2.45) is 7.05 Å². The zero-order valence-corrected chi connectivity index (χ0v) is 16.5. The van der Waals surface area contributed by atoms with Crippen molar-refractivity contribution in [2.45, 2.75) is 11.6 Å². The fourth-order valence-corrected chi connectivity index (χ4v) is 4.03. The van der Waals surface area contributed by atoms with E-state index < -0.39 is 0 Å². The summed E-state index contributed by atoms with van der Waals surface area (Å²) in [6.45, 7) is 1.41. The summed E-state index contributed by atoms with van der Waals surface area (Å²) in [5.74, 6) is 1.23. The van der Waals surface area contributed by atoms with Crippen molar-refractivity contribution in [1.82, 2.24) is 24.6 Å². The molecule has 142 valence electrons. The van der Waals surface area contributed by atoms with Gasteiger partial charge in [0.15, 0.2) is 11.0 Å². The largest absolute Gasteiger partial charge is 0.338 e. The third-order valence-electron chi connectivity index (χ3n) is 4.79. The third-order valence-corrected chi connectivity index (χ3v) is 5.79. The van der Waals surface area contributed by atoms with Crippen LogP contribution in [-0.4, -0.2) is 49.4 Å². The molecule has 6 nitrogen and oxygen atoms in total. The third kappa shape index (κ3) is 3.99. The van der Waals surface area contributed by atoms with Crippen LogP contribution < -0.4 is 0 Å². The van der Waals surface area contributed by atoms with E-state index >= 15 is 0 Å². The zero-order valence-electron chi connectivity index (χ0n) is 15.7. The van der Waals surface area contributed by atoms with Crippen molar-refractivity contribution in [3.8, 4) is 11.4 Å². The second-order valence-corrected chi connectivity index (χ2v) is 7.52. The van der Waals surface area contributed by atoms with Gasteiger partial charge in [-0.1, -0.05) is 48.2 Å². The number of amides is 1. The summed E-state index contributed by atoms with van der Waals surface area (Å²) >= 11 is 1.42. The Kier molecular flexibility index (Phi) is 5.53. The predicted molar refractivity (Wildman–Crippen MR) is 111 cm³/mol. The van der Waals surface area contributed by atoms with Crippen molar-refractivity contribution in [2.75, 3.05) is 18.8 Å². The lowest BCUT2D eigenvalue weighted by atomic mass is 10.00. The predicted octanol–water partition coefficient (Wildman–Crippen LogP) is 3.29. The first-order valence-corrected chi connectivity index (χ1v) is 10.2. The van der Waals surface area contributed by atoms with Crippen molar-refractivity contribution in [3.63, 3.8) is 0 Å². The molecule has 0 saturated heterocycles. The second kappa shape index (κ2) is 8.39. The van der Waals surface area contributed by atoms with Gasteiger partial charge in [0.1, 0.15) is 0 Å². The molecule has 1 aliphatic heterocycles. The van der Waals surface area contributed by atoms with E-state index in [4.69, 9.17) is 0 Å². The molecule has 4 rings (SSSR count). The van der Waals surface area contributed by atoms with E-state index in [2.05, 4.69) is 33.4 Å². The molecule has 0 unspecified atom stereocenters. The van der Waals surface area contributed by atoms with E-state index in [0.717, 1.165) is 29.5 Å². The van der Waals surface area contributed by atoms with Crippen LogP contribution in [0.5, 0.6) is 0 Å². The molecule has 0 aliphatic carbocycles. The summed E-state index contributed by atoms with van der Waals surface area (Å²) in [5.41, 5.74) is 3.46. The van der Waals surface area contributed by atoms with Gasteiger partial charge < -0.3 is 9.47 Å². The van der Waals surface area contributed by atoms with Crippen LogP contribution in [0, 0.1) is 0 Å². The molecule has 0 N–H and O–H groups in total. The fraction of sp³-hybridized carbons (Fsp3) is 0.238. The Morgan fingerprint density at radius 2 is 1.93 bits per heavy atom. The highest BCUT2D eigenvalue weighted by Crippen LogP contribution is 2.24. The van der Waals surface area contributed by atoms with Crippen molar-refractivity contribution >= 4 is 23.2 Å². The van der Waals surface area contributed by atoms with Crippen LogP contribution >= 0.6 is 11.8 Å². The van der Waals surface area contributed by atoms with Gasteiger partial charge in [0.05, 0.1) is 5.75 Å². The van der Waals surface area contributed by atoms with Crippen LogP contribution in [-0.2, 0) is 11.8 Å². The molecule has 0 atom stereocenters. The van der Waals surface area contributed by atoms with E-state index in [0.29, 0.717) is 12.3 Å². The highest BCUT2D eigenvalue weighted by Gasteiger charge is 2.19. The topological polar surface area (TPSA) is 63.9 Å². The number of aromatic nitrogens is 4. The molecule has 0 radical (unpaired) electrons. The number of nitrogens with zero attached hydrogens (tertiary/aromatic N) is 5. The van der Waals surface area contributed by atoms with E-state index in [-0.39, 0.29) is 5.91 Å². The molecule has 0 spiro atoms. The molecule has 0 bridgehead atoms. The monoisotopic (exact) mass is 391 g/mol. The van der Waals surface area contributed by atoms with E-state index in [1.54, 1.807) is 12.4 Å². The number of rotatable bonds is 5. The van der Waals surface area contributed by atoms with Crippen LogP contribution in [0.25, 0.3) is 17.0 Å². The van der Waals surface area contributed by atoms with E-state index in [1.807, 2.05) is 46.8 Å². The molecule has 3 aromatic rings. The highest BCUT2D eigenvalue weighted by molar-refractivity contribution is 7.99. The first-order chi connectivity index (χ1) is 13.7. The molecular weight excluding hydrogens is 370 g/mol. The van der Waals surface area contributed by atoms with Crippen molar-refractivity contribution in [3.05, 3.63) is 66.5 Å². The van der Waals surface area contributed by atoms with Gasteiger partial charge in [-0.3, -0.25) is 9.78 Å². The van der Waals surface area contributed by atoms with Crippen LogP contribution in [0.2, 0.25) is 0 Å². The molecule has 0 saturated carbocycles. The van der Waals surface area contributed by atoms with Gasteiger partial charge in [0, 0.05) is 38.1 Å². The number of carbonyl (C=O) groups excluding carboxylic acids is 1. The van der Waals surface area contributed by atoms with Gasteiger partial charge in [-0.05, 0) is 29.7 Å². The van der Waals surface area contributed by atoms with Gasteiger partial charge >= 0.3 is 0 Å². The summed E-state index contributed by atoms with van der Waals surface area (Å²) < 4.78 is 1.90. The van der Waals surface area contributed by atoms with Crippen molar-refractivity contribution in [1.29, 1.82) is 0 Å². The Balaban J connectivity index is 1.36. The number of hydrogen-bond donors (Lipinski definition) is 0. The molecule has 1 aromatic carbocycles. The fourth-order valence-electron chi connectivity index (χ4n) is 3.21. The first-order valence-electron chi connectivity index (χ1n) is 9.17. The quantitative estimate of drug-likeness (QED) is 0.625. The first kappa shape index (κ1) is 18.4.